The standard InChI is InChI=1S/C24H33F3N2O2S/c1-2-24(19-12-17(4-7-22(19)25)15-32(30,31)18-5-6-18)20-13-29(14-21(20)24)10-3-9-28-11-8-23(26,27)16-28/h4,7,12,18,20-21H,2-3,5-6,8-11,13-16H2,1H3/t20-,21+,24?. The summed E-state index contributed by atoms with van der Waals surface area (Å²) in [4.78, 5) is 4.24. The molecule has 4 aliphatic rings. The highest BCUT2D eigenvalue weighted by atomic mass is 32.2. The number of hydrogen-bond donors (Lipinski definition) is 0. The van der Waals surface area contributed by atoms with Crippen LogP contribution in [0.2, 0.25) is 0 Å². The van der Waals surface area contributed by atoms with E-state index in [-0.39, 0.29) is 35.2 Å². The lowest BCUT2D eigenvalue weighted by Crippen LogP contribution is -2.33. The number of halogens is 3. The Morgan fingerprint density at radius 2 is 1.78 bits per heavy atom. The number of benzene rings is 1. The Morgan fingerprint density at radius 1 is 1.09 bits per heavy atom. The first-order valence-electron chi connectivity index (χ1n) is 12.0. The summed E-state index contributed by atoms with van der Waals surface area (Å²) in [5.41, 5.74) is 1.19. The van der Waals surface area contributed by atoms with Crippen LogP contribution in [0.1, 0.15) is 50.2 Å². The minimum Gasteiger partial charge on any atom is -0.303 e. The monoisotopic (exact) mass is 470 g/mol. The van der Waals surface area contributed by atoms with Crippen LogP contribution in [0.4, 0.5) is 13.2 Å². The zero-order chi connectivity index (χ0) is 22.7. The quantitative estimate of drug-likeness (QED) is 0.550. The van der Waals surface area contributed by atoms with Crippen LogP contribution in [0.5, 0.6) is 0 Å². The van der Waals surface area contributed by atoms with Crippen molar-refractivity contribution in [2.24, 2.45) is 11.8 Å². The molecule has 2 saturated heterocycles. The number of sulfone groups is 1. The lowest BCUT2D eigenvalue weighted by atomic mass is 9.86. The average Bonchev–Trinajstić information content (AvgIpc) is 3.60. The summed E-state index contributed by atoms with van der Waals surface area (Å²) in [7, 11) is -3.14. The Kier molecular flexibility index (Phi) is 5.65. The molecule has 178 valence electrons. The zero-order valence-electron chi connectivity index (χ0n) is 18.7. The molecule has 32 heavy (non-hydrogen) atoms. The third-order valence-electron chi connectivity index (χ3n) is 8.32. The Morgan fingerprint density at radius 3 is 2.38 bits per heavy atom. The molecule has 1 aromatic carbocycles. The molecule has 0 N–H and O–H groups in total. The summed E-state index contributed by atoms with van der Waals surface area (Å²) < 4.78 is 66.4. The molecular weight excluding hydrogens is 437 g/mol. The van der Waals surface area contributed by atoms with Crippen LogP contribution in [0.15, 0.2) is 18.2 Å². The maximum atomic E-state index is 14.9. The fraction of sp³-hybridized carbons (Fsp3) is 0.750. The molecule has 4 nitrogen and oxygen atoms in total. The van der Waals surface area contributed by atoms with E-state index in [1.807, 2.05) is 11.0 Å². The minimum atomic E-state index is -3.14. The van der Waals surface area contributed by atoms with Crippen LogP contribution >= 0.6 is 0 Å². The Hall–Kier alpha value is -1.12. The van der Waals surface area contributed by atoms with Crippen LogP contribution in [0.25, 0.3) is 0 Å². The van der Waals surface area contributed by atoms with Crippen molar-refractivity contribution in [3.63, 3.8) is 0 Å². The van der Waals surface area contributed by atoms with Crippen molar-refractivity contribution in [2.75, 3.05) is 39.3 Å². The van der Waals surface area contributed by atoms with E-state index in [1.165, 1.54) is 6.07 Å². The van der Waals surface area contributed by atoms with Crippen LogP contribution in [-0.4, -0.2) is 68.7 Å². The van der Waals surface area contributed by atoms with Gasteiger partial charge in [0.25, 0.3) is 5.92 Å². The lowest BCUT2D eigenvalue weighted by molar-refractivity contribution is 0.0119. The van der Waals surface area contributed by atoms with Crippen LogP contribution in [-0.2, 0) is 21.0 Å². The van der Waals surface area contributed by atoms with Gasteiger partial charge in [-0.3, -0.25) is 4.90 Å². The Bertz CT molecular complexity index is 967. The summed E-state index contributed by atoms with van der Waals surface area (Å²) in [5, 5.41) is -0.211. The number of nitrogens with zero attached hydrogens (tertiary/aromatic N) is 2. The molecule has 1 unspecified atom stereocenters. The van der Waals surface area contributed by atoms with E-state index >= 15 is 0 Å². The van der Waals surface area contributed by atoms with Gasteiger partial charge in [-0.1, -0.05) is 19.1 Å². The second kappa shape index (κ2) is 7.98. The summed E-state index contributed by atoms with van der Waals surface area (Å²) in [6.07, 6.45) is 3.17. The topological polar surface area (TPSA) is 40.6 Å². The maximum Gasteiger partial charge on any atom is 0.261 e. The van der Waals surface area contributed by atoms with Gasteiger partial charge in [-0.05, 0) is 67.8 Å². The lowest BCUT2D eigenvalue weighted by Gasteiger charge is -2.27. The third kappa shape index (κ3) is 4.11. The normalized spacial score (nSPS) is 32.4. The first-order valence-corrected chi connectivity index (χ1v) is 13.7. The van der Waals surface area contributed by atoms with Crippen molar-refractivity contribution in [3.05, 3.63) is 35.1 Å². The predicted molar refractivity (Wildman–Crippen MR) is 118 cm³/mol. The second-order valence-electron chi connectivity index (χ2n) is 10.4. The van der Waals surface area contributed by atoms with Gasteiger partial charge in [-0.25, -0.2) is 21.6 Å². The molecule has 0 bridgehead atoms. The number of rotatable bonds is 9. The first-order chi connectivity index (χ1) is 15.1. The minimum absolute atomic E-state index is 0.00173. The highest BCUT2D eigenvalue weighted by Gasteiger charge is 2.68. The smallest absolute Gasteiger partial charge is 0.261 e. The van der Waals surface area contributed by atoms with E-state index in [0.29, 0.717) is 36.1 Å². The predicted octanol–water partition coefficient (Wildman–Crippen LogP) is 3.84. The van der Waals surface area contributed by atoms with E-state index in [9.17, 15) is 21.6 Å². The largest absolute Gasteiger partial charge is 0.303 e. The van der Waals surface area contributed by atoms with Crippen molar-refractivity contribution < 1.29 is 21.6 Å². The van der Waals surface area contributed by atoms with Crippen LogP contribution < -0.4 is 0 Å². The van der Waals surface area contributed by atoms with Crippen LogP contribution in [0, 0.1) is 17.7 Å². The summed E-state index contributed by atoms with van der Waals surface area (Å²) in [5.74, 6) is -1.99. The van der Waals surface area contributed by atoms with Gasteiger partial charge in [-0.15, -0.1) is 0 Å². The molecule has 3 atom stereocenters. The summed E-state index contributed by atoms with van der Waals surface area (Å²) in [6.45, 7) is 5.84. The number of hydrogen-bond acceptors (Lipinski definition) is 4. The Balaban J connectivity index is 1.20. The van der Waals surface area contributed by atoms with Crippen molar-refractivity contribution in [1.82, 2.24) is 9.80 Å². The molecule has 4 fully saturated rings. The molecule has 0 amide bonds. The van der Waals surface area contributed by atoms with Gasteiger partial charge in [0.15, 0.2) is 9.84 Å². The Labute approximate surface area is 189 Å². The molecule has 0 spiro atoms. The second-order valence-corrected chi connectivity index (χ2v) is 12.7. The van der Waals surface area contributed by atoms with E-state index < -0.39 is 15.8 Å². The van der Waals surface area contributed by atoms with Crippen molar-refractivity contribution >= 4 is 9.84 Å². The molecular formula is C24H33F3N2O2S. The van der Waals surface area contributed by atoms with Gasteiger partial charge in [0.2, 0.25) is 0 Å². The maximum absolute atomic E-state index is 14.9. The van der Waals surface area contributed by atoms with E-state index in [1.54, 1.807) is 6.07 Å². The number of fused-ring (bicyclic) bond motifs is 1. The van der Waals surface area contributed by atoms with Crippen molar-refractivity contribution in [1.29, 1.82) is 0 Å². The molecule has 0 radical (unpaired) electrons. The van der Waals surface area contributed by atoms with Crippen molar-refractivity contribution in [2.45, 2.75) is 61.4 Å². The van der Waals surface area contributed by atoms with Gasteiger partial charge in [0.1, 0.15) is 5.82 Å². The highest BCUT2D eigenvalue weighted by molar-refractivity contribution is 7.91. The number of likely N-dealkylation sites (tertiary alicyclic amines) is 2. The summed E-state index contributed by atoms with van der Waals surface area (Å²) >= 11 is 0. The molecule has 8 heteroatoms. The van der Waals surface area contributed by atoms with E-state index in [2.05, 4.69) is 11.8 Å². The van der Waals surface area contributed by atoms with Gasteiger partial charge < -0.3 is 4.90 Å². The zero-order valence-corrected chi connectivity index (χ0v) is 19.5. The SMILES string of the molecule is CCC1(c2cc(CS(=O)(=O)C3CC3)ccc2F)[C@@H]2CN(CCCN3CCC(F)(F)C3)C[C@@H]21. The molecule has 5 rings (SSSR count). The van der Waals surface area contributed by atoms with Crippen LogP contribution in [0.3, 0.4) is 0 Å². The molecule has 2 aliphatic carbocycles. The summed E-state index contributed by atoms with van der Waals surface area (Å²) in [6, 6.07) is 4.88. The molecule has 2 saturated carbocycles. The number of alkyl halides is 2. The third-order valence-corrected chi connectivity index (χ3v) is 10.5. The molecule has 0 aromatic heterocycles. The molecule has 1 aromatic rings. The van der Waals surface area contributed by atoms with Gasteiger partial charge in [0.05, 0.1) is 17.5 Å². The average molecular weight is 471 g/mol. The van der Waals surface area contributed by atoms with Gasteiger partial charge in [0, 0.05) is 31.5 Å². The fourth-order valence-corrected chi connectivity index (χ4v) is 8.16. The molecule has 2 aliphatic heterocycles. The first kappa shape index (κ1) is 22.7. The van der Waals surface area contributed by atoms with Crippen molar-refractivity contribution in [3.8, 4) is 0 Å². The fourth-order valence-electron chi connectivity index (χ4n) is 6.42. The number of piperidine rings is 1. The highest BCUT2D eigenvalue weighted by Crippen LogP contribution is 2.65. The van der Waals surface area contributed by atoms with Gasteiger partial charge in [-0.2, -0.15) is 0 Å². The van der Waals surface area contributed by atoms with Gasteiger partial charge >= 0.3 is 0 Å². The molecule has 2 heterocycles. The van der Waals surface area contributed by atoms with E-state index in [0.717, 1.165) is 45.3 Å². The van der Waals surface area contributed by atoms with E-state index in [4.69, 9.17) is 0 Å².